The van der Waals surface area contributed by atoms with Gasteiger partial charge in [0.25, 0.3) is 0 Å². The Bertz CT molecular complexity index is 508. The second kappa shape index (κ2) is 6.09. The highest BCUT2D eigenvalue weighted by molar-refractivity contribution is 6.39. The summed E-state index contributed by atoms with van der Waals surface area (Å²) in [5.41, 5.74) is 0.658. The minimum Gasteiger partial charge on any atom is -0.383 e. The zero-order valence-corrected chi connectivity index (χ0v) is 11.4. The lowest BCUT2D eigenvalue weighted by atomic mass is 10.3. The van der Waals surface area contributed by atoms with Gasteiger partial charge < -0.3 is 14.6 Å². The molecule has 96 valence electrons. The molecule has 0 unspecified atom stereocenters. The molecular weight excluding hydrogens is 273 g/mol. The van der Waals surface area contributed by atoms with E-state index in [4.69, 9.17) is 27.9 Å². The minimum absolute atomic E-state index is 0.559. The van der Waals surface area contributed by atoms with Gasteiger partial charge in [-0.05, 0) is 12.1 Å². The lowest BCUT2D eigenvalue weighted by Gasteiger charge is -2.11. The van der Waals surface area contributed by atoms with E-state index in [0.717, 1.165) is 0 Å². The Labute approximate surface area is 115 Å². The Balaban J connectivity index is 2.21. The third-order valence-corrected chi connectivity index (χ3v) is 3.08. The van der Waals surface area contributed by atoms with E-state index in [2.05, 4.69) is 10.3 Å². The van der Waals surface area contributed by atoms with Gasteiger partial charge in [-0.15, -0.1) is 0 Å². The number of ether oxygens (including phenoxy) is 1. The van der Waals surface area contributed by atoms with Crippen molar-refractivity contribution in [2.24, 2.45) is 0 Å². The van der Waals surface area contributed by atoms with Gasteiger partial charge in [0.05, 0.1) is 22.3 Å². The van der Waals surface area contributed by atoms with Gasteiger partial charge in [-0.25, -0.2) is 4.98 Å². The van der Waals surface area contributed by atoms with Crippen LogP contribution in [0.25, 0.3) is 0 Å². The van der Waals surface area contributed by atoms with E-state index >= 15 is 0 Å². The van der Waals surface area contributed by atoms with Crippen molar-refractivity contribution < 1.29 is 4.74 Å². The van der Waals surface area contributed by atoms with Gasteiger partial charge in [0.2, 0.25) is 5.95 Å². The molecule has 2 aromatic rings. The standard InChI is InChI=1S/C12H13Cl2N3O/c1-18-8-7-17-6-5-15-12(17)16-11-9(13)3-2-4-10(11)14/h2-6H,7-8H2,1H3,(H,15,16). The predicted molar refractivity (Wildman–Crippen MR) is 73.8 cm³/mol. The molecule has 0 radical (unpaired) electrons. The summed E-state index contributed by atoms with van der Waals surface area (Å²) in [6, 6.07) is 5.35. The van der Waals surface area contributed by atoms with E-state index in [1.165, 1.54) is 0 Å². The molecule has 0 fully saturated rings. The first-order chi connectivity index (χ1) is 8.72. The molecule has 6 heteroatoms. The Morgan fingerprint density at radius 1 is 1.33 bits per heavy atom. The van der Waals surface area contributed by atoms with Crippen LogP contribution in [0.1, 0.15) is 0 Å². The quantitative estimate of drug-likeness (QED) is 0.913. The van der Waals surface area contributed by atoms with Gasteiger partial charge in [0.1, 0.15) is 0 Å². The second-order valence-corrected chi connectivity index (χ2v) is 4.47. The number of benzene rings is 1. The molecule has 0 spiro atoms. The van der Waals surface area contributed by atoms with E-state index in [-0.39, 0.29) is 0 Å². The van der Waals surface area contributed by atoms with Gasteiger partial charge in [-0.3, -0.25) is 0 Å². The number of para-hydroxylation sites is 1. The van der Waals surface area contributed by atoms with Crippen LogP contribution in [0.15, 0.2) is 30.6 Å². The molecule has 18 heavy (non-hydrogen) atoms. The van der Waals surface area contributed by atoms with Gasteiger partial charge in [-0.1, -0.05) is 29.3 Å². The maximum absolute atomic E-state index is 6.09. The lowest BCUT2D eigenvalue weighted by molar-refractivity contribution is 0.188. The van der Waals surface area contributed by atoms with Crippen LogP contribution in [0, 0.1) is 0 Å². The van der Waals surface area contributed by atoms with Crippen molar-refractivity contribution in [3.05, 3.63) is 40.6 Å². The van der Waals surface area contributed by atoms with E-state index in [9.17, 15) is 0 Å². The van der Waals surface area contributed by atoms with Crippen molar-refractivity contribution >= 4 is 34.8 Å². The summed E-state index contributed by atoms with van der Waals surface area (Å²) in [6.45, 7) is 1.32. The van der Waals surface area contributed by atoms with Crippen molar-refractivity contribution in [2.45, 2.75) is 6.54 Å². The molecule has 0 aliphatic rings. The van der Waals surface area contributed by atoms with Crippen molar-refractivity contribution in [1.29, 1.82) is 0 Å². The highest BCUT2D eigenvalue weighted by atomic mass is 35.5. The van der Waals surface area contributed by atoms with Crippen molar-refractivity contribution in [2.75, 3.05) is 19.0 Å². The van der Waals surface area contributed by atoms with Gasteiger partial charge in [0, 0.05) is 26.0 Å². The maximum Gasteiger partial charge on any atom is 0.207 e. The third-order valence-electron chi connectivity index (χ3n) is 2.45. The molecule has 0 saturated heterocycles. The van der Waals surface area contributed by atoms with E-state index in [1.807, 2.05) is 10.8 Å². The average Bonchev–Trinajstić information content (AvgIpc) is 2.79. The van der Waals surface area contributed by atoms with E-state index in [0.29, 0.717) is 34.8 Å². The summed E-state index contributed by atoms with van der Waals surface area (Å²) in [4.78, 5) is 4.23. The van der Waals surface area contributed by atoms with Crippen LogP contribution in [0.3, 0.4) is 0 Å². The Morgan fingerprint density at radius 3 is 2.72 bits per heavy atom. The van der Waals surface area contributed by atoms with Crippen LogP contribution in [-0.4, -0.2) is 23.3 Å². The molecule has 1 aromatic heterocycles. The Kier molecular flexibility index (Phi) is 4.47. The largest absolute Gasteiger partial charge is 0.383 e. The summed E-state index contributed by atoms with van der Waals surface area (Å²) < 4.78 is 6.97. The molecule has 1 heterocycles. The molecular formula is C12H13Cl2N3O. The summed E-state index contributed by atoms with van der Waals surface area (Å²) in [5.74, 6) is 0.682. The molecule has 0 saturated carbocycles. The third kappa shape index (κ3) is 2.96. The number of anilines is 2. The number of rotatable bonds is 5. The fraction of sp³-hybridized carbons (Fsp3) is 0.250. The van der Waals surface area contributed by atoms with Gasteiger partial charge in [0.15, 0.2) is 0 Å². The SMILES string of the molecule is COCCn1ccnc1Nc1c(Cl)cccc1Cl. The Hall–Kier alpha value is -1.23. The Morgan fingerprint density at radius 2 is 2.06 bits per heavy atom. The molecule has 0 atom stereocenters. The van der Waals surface area contributed by atoms with Crippen molar-refractivity contribution in [1.82, 2.24) is 9.55 Å². The highest BCUT2D eigenvalue weighted by Crippen LogP contribution is 2.31. The smallest absolute Gasteiger partial charge is 0.207 e. The van der Waals surface area contributed by atoms with Crippen LogP contribution in [0.4, 0.5) is 11.6 Å². The number of halogens is 2. The second-order valence-electron chi connectivity index (χ2n) is 3.66. The highest BCUT2D eigenvalue weighted by Gasteiger charge is 2.09. The summed E-state index contributed by atoms with van der Waals surface area (Å²) in [7, 11) is 1.66. The number of methoxy groups -OCH3 is 1. The van der Waals surface area contributed by atoms with Gasteiger partial charge >= 0.3 is 0 Å². The first-order valence-corrected chi connectivity index (χ1v) is 6.19. The van der Waals surface area contributed by atoms with Crippen LogP contribution in [-0.2, 0) is 11.3 Å². The molecule has 2 rings (SSSR count). The number of aromatic nitrogens is 2. The topological polar surface area (TPSA) is 39.1 Å². The van der Waals surface area contributed by atoms with E-state index < -0.39 is 0 Å². The number of hydrogen-bond donors (Lipinski definition) is 1. The van der Waals surface area contributed by atoms with Crippen LogP contribution in [0.5, 0.6) is 0 Å². The molecule has 0 aliphatic carbocycles. The summed E-state index contributed by atoms with van der Waals surface area (Å²) in [5, 5.41) is 4.25. The van der Waals surface area contributed by atoms with E-state index in [1.54, 1.807) is 31.5 Å². The molecule has 1 N–H and O–H groups in total. The fourth-order valence-electron chi connectivity index (χ4n) is 1.53. The first kappa shape index (κ1) is 13.2. The zero-order valence-electron chi connectivity index (χ0n) is 9.86. The number of imidazole rings is 1. The lowest BCUT2D eigenvalue weighted by Crippen LogP contribution is -2.07. The normalized spacial score (nSPS) is 10.6. The molecule has 4 nitrogen and oxygen atoms in total. The molecule has 0 aliphatic heterocycles. The minimum atomic E-state index is 0.559. The van der Waals surface area contributed by atoms with Crippen LogP contribution < -0.4 is 5.32 Å². The zero-order chi connectivity index (χ0) is 13.0. The number of hydrogen-bond acceptors (Lipinski definition) is 3. The van der Waals surface area contributed by atoms with Crippen LogP contribution >= 0.6 is 23.2 Å². The average molecular weight is 286 g/mol. The van der Waals surface area contributed by atoms with Gasteiger partial charge in [-0.2, -0.15) is 0 Å². The summed E-state index contributed by atoms with van der Waals surface area (Å²) >= 11 is 12.2. The monoisotopic (exact) mass is 285 g/mol. The first-order valence-electron chi connectivity index (χ1n) is 5.43. The molecule has 1 aromatic carbocycles. The fourth-order valence-corrected chi connectivity index (χ4v) is 2.02. The maximum atomic E-state index is 6.09. The van der Waals surface area contributed by atoms with Crippen molar-refractivity contribution in [3.8, 4) is 0 Å². The predicted octanol–water partition coefficient (Wildman–Crippen LogP) is 3.58. The van der Waals surface area contributed by atoms with Crippen molar-refractivity contribution in [3.63, 3.8) is 0 Å². The molecule has 0 bridgehead atoms. The summed E-state index contributed by atoms with van der Waals surface area (Å²) in [6.07, 6.45) is 3.58. The number of nitrogens with one attached hydrogen (secondary N) is 1. The number of nitrogens with zero attached hydrogens (tertiary/aromatic N) is 2. The molecule has 0 amide bonds. The van der Waals surface area contributed by atoms with Crippen LogP contribution in [0.2, 0.25) is 10.0 Å².